The lowest BCUT2D eigenvalue weighted by Crippen LogP contribution is -2.32. The minimum atomic E-state index is -0.180. The Labute approximate surface area is 183 Å². The van der Waals surface area contributed by atoms with Crippen molar-refractivity contribution in [2.75, 3.05) is 6.73 Å². The molecule has 5 nitrogen and oxygen atoms in total. The van der Waals surface area contributed by atoms with Crippen molar-refractivity contribution < 1.29 is 14.3 Å². The number of ketones is 1. The number of carbonyl (C=O) groups is 1. The molecule has 2 aliphatic heterocycles. The molecule has 0 aliphatic carbocycles. The summed E-state index contributed by atoms with van der Waals surface area (Å²) in [6, 6.07) is 14.5. The summed E-state index contributed by atoms with van der Waals surface area (Å²) in [5.41, 5.74) is 2.99. The third kappa shape index (κ3) is 3.56. The minimum absolute atomic E-state index is 0.180. The number of nitrogens with zero attached hydrogens (tertiary/aromatic N) is 2. The molecule has 30 heavy (non-hydrogen) atoms. The number of fused-ring (bicyclic) bond motifs is 3. The van der Waals surface area contributed by atoms with Crippen molar-refractivity contribution in [1.82, 2.24) is 9.88 Å². The van der Waals surface area contributed by atoms with Crippen LogP contribution in [0.1, 0.15) is 27.2 Å². The Morgan fingerprint density at radius 2 is 2.03 bits per heavy atom. The first-order chi connectivity index (χ1) is 14.6. The quantitative estimate of drug-likeness (QED) is 0.515. The van der Waals surface area contributed by atoms with Crippen LogP contribution in [0.2, 0.25) is 10.0 Å². The summed E-state index contributed by atoms with van der Waals surface area (Å²) in [5, 5.41) is 0.984. The smallest absolute Gasteiger partial charge is 0.231 e. The van der Waals surface area contributed by atoms with E-state index in [9.17, 15) is 4.79 Å². The van der Waals surface area contributed by atoms with E-state index in [-0.39, 0.29) is 11.5 Å². The van der Waals surface area contributed by atoms with Crippen LogP contribution >= 0.6 is 23.2 Å². The summed E-state index contributed by atoms with van der Waals surface area (Å²) in [7, 11) is 0. The van der Waals surface area contributed by atoms with Gasteiger partial charge in [-0.3, -0.25) is 14.7 Å². The molecule has 0 saturated carbocycles. The standard InChI is InChI=1S/C23H16Cl2N2O3/c24-15-5-4-14(19(25)10-15)9-21-22(28)17-6-7-20-18(23(17)30-21)12-27(13-29-20)11-16-3-1-2-8-26-16/h1-10H,11-13H2/b21-9-. The fourth-order valence-electron chi connectivity index (χ4n) is 3.59. The highest BCUT2D eigenvalue weighted by atomic mass is 35.5. The van der Waals surface area contributed by atoms with Crippen LogP contribution in [0.5, 0.6) is 11.5 Å². The van der Waals surface area contributed by atoms with Crippen LogP contribution in [0.3, 0.4) is 0 Å². The molecule has 150 valence electrons. The Kier molecular flexibility index (Phi) is 4.95. The molecule has 0 N–H and O–H groups in total. The summed E-state index contributed by atoms with van der Waals surface area (Å²) in [6.07, 6.45) is 3.41. The van der Waals surface area contributed by atoms with Crippen molar-refractivity contribution in [1.29, 1.82) is 0 Å². The lowest BCUT2D eigenvalue weighted by atomic mass is 10.0. The molecule has 0 spiro atoms. The molecule has 0 saturated heterocycles. The van der Waals surface area contributed by atoms with E-state index in [0.29, 0.717) is 46.7 Å². The molecule has 0 unspecified atom stereocenters. The molecule has 3 heterocycles. The zero-order chi connectivity index (χ0) is 20.7. The number of allylic oxidation sites excluding steroid dienone is 1. The third-order valence-electron chi connectivity index (χ3n) is 5.04. The fraction of sp³-hybridized carbons (Fsp3) is 0.130. The van der Waals surface area contributed by atoms with E-state index in [4.69, 9.17) is 32.7 Å². The van der Waals surface area contributed by atoms with Crippen molar-refractivity contribution in [2.45, 2.75) is 13.1 Å². The Bertz CT molecular complexity index is 1180. The van der Waals surface area contributed by atoms with Gasteiger partial charge in [0, 0.05) is 29.3 Å². The summed E-state index contributed by atoms with van der Waals surface area (Å²) in [5.74, 6) is 1.31. The van der Waals surface area contributed by atoms with Gasteiger partial charge in [-0.25, -0.2) is 0 Å². The monoisotopic (exact) mass is 438 g/mol. The van der Waals surface area contributed by atoms with Crippen LogP contribution < -0.4 is 9.47 Å². The lowest BCUT2D eigenvalue weighted by Gasteiger charge is -2.29. The van der Waals surface area contributed by atoms with Gasteiger partial charge in [0.25, 0.3) is 0 Å². The molecular formula is C23H16Cl2N2O3. The molecule has 0 fully saturated rings. The van der Waals surface area contributed by atoms with E-state index in [1.165, 1.54) is 0 Å². The zero-order valence-corrected chi connectivity index (χ0v) is 17.3. The molecule has 0 radical (unpaired) electrons. The van der Waals surface area contributed by atoms with Crippen LogP contribution in [-0.2, 0) is 13.1 Å². The molecule has 0 bridgehead atoms. The molecule has 0 amide bonds. The number of hydrogen-bond donors (Lipinski definition) is 0. The first-order valence-corrected chi connectivity index (χ1v) is 10.1. The first kappa shape index (κ1) is 19.1. The van der Waals surface area contributed by atoms with Gasteiger partial charge in [0.05, 0.1) is 16.8 Å². The van der Waals surface area contributed by atoms with E-state index in [0.717, 1.165) is 17.0 Å². The molecular weight excluding hydrogens is 423 g/mol. The average Bonchev–Trinajstić information content (AvgIpc) is 3.07. The van der Waals surface area contributed by atoms with Gasteiger partial charge in [0.1, 0.15) is 18.2 Å². The molecule has 5 rings (SSSR count). The number of ether oxygens (including phenoxy) is 2. The largest absolute Gasteiger partial charge is 0.478 e. The van der Waals surface area contributed by atoms with Gasteiger partial charge in [-0.05, 0) is 48.0 Å². The van der Waals surface area contributed by atoms with Crippen molar-refractivity contribution in [3.05, 3.63) is 92.9 Å². The van der Waals surface area contributed by atoms with Crippen LogP contribution in [0, 0.1) is 0 Å². The predicted molar refractivity (Wildman–Crippen MR) is 115 cm³/mol. The molecule has 3 aromatic rings. The van der Waals surface area contributed by atoms with E-state index >= 15 is 0 Å². The van der Waals surface area contributed by atoms with Gasteiger partial charge in [0.15, 0.2) is 5.76 Å². The Morgan fingerprint density at radius 3 is 2.83 bits per heavy atom. The fourth-order valence-corrected chi connectivity index (χ4v) is 4.05. The van der Waals surface area contributed by atoms with Crippen molar-refractivity contribution in [3.63, 3.8) is 0 Å². The van der Waals surface area contributed by atoms with E-state index in [2.05, 4.69) is 9.88 Å². The number of hydrogen-bond acceptors (Lipinski definition) is 5. The predicted octanol–water partition coefficient (Wildman–Crippen LogP) is 5.36. The van der Waals surface area contributed by atoms with Gasteiger partial charge in [-0.1, -0.05) is 35.3 Å². The highest BCUT2D eigenvalue weighted by molar-refractivity contribution is 6.35. The molecule has 1 aromatic heterocycles. The maximum absolute atomic E-state index is 12.9. The van der Waals surface area contributed by atoms with Gasteiger partial charge in [-0.2, -0.15) is 0 Å². The van der Waals surface area contributed by atoms with Crippen molar-refractivity contribution in [3.8, 4) is 11.5 Å². The second-order valence-electron chi connectivity index (χ2n) is 7.11. The van der Waals surface area contributed by atoms with Gasteiger partial charge >= 0.3 is 0 Å². The van der Waals surface area contributed by atoms with E-state index in [1.54, 1.807) is 36.5 Å². The summed E-state index contributed by atoms with van der Waals surface area (Å²) >= 11 is 12.2. The Morgan fingerprint density at radius 1 is 1.13 bits per heavy atom. The zero-order valence-electron chi connectivity index (χ0n) is 15.8. The van der Waals surface area contributed by atoms with Crippen LogP contribution in [-0.4, -0.2) is 22.4 Å². The van der Waals surface area contributed by atoms with E-state index in [1.807, 2.05) is 24.3 Å². The van der Waals surface area contributed by atoms with Gasteiger partial charge in [0.2, 0.25) is 5.78 Å². The second-order valence-corrected chi connectivity index (χ2v) is 7.95. The van der Waals surface area contributed by atoms with Crippen LogP contribution in [0.25, 0.3) is 6.08 Å². The number of Topliss-reactive ketones (excluding diaryl/α,β-unsaturated/α-hetero) is 1. The average molecular weight is 439 g/mol. The third-order valence-corrected chi connectivity index (χ3v) is 5.61. The maximum atomic E-state index is 12.9. The summed E-state index contributed by atoms with van der Waals surface area (Å²) in [6.45, 7) is 1.68. The summed E-state index contributed by atoms with van der Waals surface area (Å²) < 4.78 is 11.9. The number of pyridine rings is 1. The molecule has 0 atom stereocenters. The summed E-state index contributed by atoms with van der Waals surface area (Å²) in [4.78, 5) is 19.4. The molecule has 2 aromatic carbocycles. The van der Waals surface area contributed by atoms with Gasteiger partial charge < -0.3 is 9.47 Å². The van der Waals surface area contributed by atoms with E-state index < -0.39 is 0 Å². The topological polar surface area (TPSA) is 51.7 Å². The molecule has 7 heteroatoms. The first-order valence-electron chi connectivity index (χ1n) is 9.39. The SMILES string of the molecule is O=C1/C(=C/c2ccc(Cl)cc2Cl)Oc2c1ccc1c2CN(Cc2ccccn2)CO1. The number of rotatable bonds is 3. The lowest BCUT2D eigenvalue weighted by molar-refractivity contribution is 0.0861. The Balaban J connectivity index is 1.44. The number of halogens is 2. The van der Waals surface area contributed by atoms with Gasteiger partial charge in [-0.15, -0.1) is 0 Å². The number of aromatic nitrogens is 1. The van der Waals surface area contributed by atoms with Crippen LogP contribution in [0.4, 0.5) is 0 Å². The second kappa shape index (κ2) is 7.76. The normalized spacial score (nSPS) is 16.7. The van der Waals surface area contributed by atoms with Crippen molar-refractivity contribution in [2.24, 2.45) is 0 Å². The van der Waals surface area contributed by atoms with Crippen molar-refractivity contribution >= 4 is 35.1 Å². The highest BCUT2D eigenvalue weighted by Crippen LogP contribution is 2.42. The minimum Gasteiger partial charge on any atom is -0.478 e. The highest BCUT2D eigenvalue weighted by Gasteiger charge is 2.33. The Hall–Kier alpha value is -2.86. The maximum Gasteiger partial charge on any atom is 0.231 e. The molecule has 2 aliphatic rings. The number of carbonyl (C=O) groups excluding carboxylic acids is 1. The number of benzene rings is 2. The van der Waals surface area contributed by atoms with Crippen LogP contribution in [0.15, 0.2) is 60.5 Å².